The summed E-state index contributed by atoms with van der Waals surface area (Å²) < 4.78 is 5.04. The molecular weight excluding hydrogens is 262 g/mol. The van der Waals surface area contributed by atoms with Crippen molar-refractivity contribution in [1.82, 2.24) is 10.3 Å². The molecule has 1 N–H and O–H groups in total. The summed E-state index contributed by atoms with van der Waals surface area (Å²) in [5, 5.41) is 3.37. The molecule has 1 aromatic heterocycles. The van der Waals surface area contributed by atoms with E-state index in [2.05, 4.69) is 37.1 Å². The quantitative estimate of drug-likeness (QED) is 0.784. The van der Waals surface area contributed by atoms with E-state index in [0.717, 1.165) is 19.7 Å². The minimum absolute atomic E-state index is 0.604. The number of anilines is 1. The second-order valence-electron chi connectivity index (χ2n) is 6.05. The zero-order valence-corrected chi connectivity index (χ0v) is 13.9. The molecule has 2 unspecified atom stereocenters. The highest BCUT2D eigenvalue weighted by Gasteiger charge is 2.31. The smallest absolute Gasteiger partial charge is 0.131 e. The summed E-state index contributed by atoms with van der Waals surface area (Å²) >= 11 is 0. The molecule has 0 saturated carbocycles. The first kappa shape index (κ1) is 16.2. The molecule has 0 radical (unpaired) electrons. The van der Waals surface area contributed by atoms with E-state index < -0.39 is 0 Å². The molecule has 2 atom stereocenters. The van der Waals surface area contributed by atoms with E-state index in [4.69, 9.17) is 9.72 Å². The van der Waals surface area contributed by atoms with Gasteiger partial charge >= 0.3 is 0 Å². The number of rotatable bonds is 7. The number of aromatic nitrogens is 1. The molecule has 0 aliphatic carbocycles. The van der Waals surface area contributed by atoms with Crippen LogP contribution in [0.3, 0.4) is 0 Å². The third-order valence-corrected chi connectivity index (χ3v) is 4.42. The Hall–Kier alpha value is -1.13. The number of nitrogens with zero attached hydrogens (tertiary/aromatic N) is 2. The third kappa shape index (κ3) is 3.95. The summed E-state index contributed by atoms with van der Waals surface area (Å²) in [5.41, 5.74) is 2.53. The van der Waals surface area contributed by atoms with E-state index in [0.29, 0.717) is 12.1 Å². The highest BCUT2D eigenvalue weighted by Crippen LogP contribution is 2.32. The second kappa shape index (κ2) is 7.76. The van der Waals surface area contributed by atoms with Crippen LogP contribution in [0.15, 0.2) is 12.3 Å². The van der Waals surface area contributed by atoms with Crippen molar-refractivity contribution in [3.05, 3.63) is 23.4 Å². The molecule has 118 valence electrons. The van der Waals surface area contributed by atoms with Crippen LogP contribution in [0.4, 0.5) is 5.82 Å². The Morgan fingerprint density at radius 3 is 2.90 bits per heavy atom. The molecule has 2 heterocycles. The lowest BCUT2D eigenvalue weighted by molar-refractivity contribution is 0.199. The molecular formula is C17H29N3O. The Kier molecular flexibility index (Phi) is 6.00. The predicted octanol–water partition coefficient (Wildman–Crippen LogP) is 2.89. The summed E-state index contributed by atoms with van der Waals surface area (Å²) in [4.78, 5) is 7.29. The summed E-state index contributed by atoms with van der Waals surface area (Å²) in [6, 6.07) is 3.52. The second-order valence-corrected chi connectivity index (χ2v) is 6.05. The highest BCUT2D eigenvalue weighted by atomic mass is 16.5. The lowest BCUT2D eigenvalue weighted by Gasteiger charge is -2.30. The molecule has 0 spiro atoms. The largest absolute Gasteiger partial charge is 0.383 e. The maximum absolute atomic E-state index is 5.04. The van der Waals surface area contributed by atoms with Crippen molar-refractivity contribution in [3.8, 4) is 0 Å². The van der Waals surface area contributed by atoms with Gasteiger partial charge in [-0.1, -0.05) is 6.92 Å². The molecule has 1 aromatic rings. The summed E-state index contributed by atoms with van der Waals surface area (Å²) in [6.07, 6.45) is 5.78. The fourth-order valence-electron chi connectivity index (χ4n) is 3.25. The van der Waals surface area contributed by atoms with Crippen LogP contribution < -0.4 is 10.2 Å². The number of ether oxygens (including phenoxy) is 1. The van der Waals surface area contributed by atoms with Crippen molar-refractivity contribution in [2.75, 3.05) is 25.2 Å². The lowest BCUT2D eigenvalue weighted by Crippen LogP contribution is -2.35. The molecule has 1 aliphatic heterocycles. The molecule has 1 saturated heterocycles. The summed E-state index contributed by atoms with van der Waals surface area (Å²) in [7, 11) is 1.73. The van der Waals surface area contributed by atoms with Crippen LogP contribution >= 0.6 is 0 Å². The lowest BCUT2D eigenvalue weighted by atomic mass is 10.1. The Labute approximate surface area is 128 Å². The number of pyridine rings is 1. The van der Waals surface area contributed by atoms with Crippen LogP contribution in [0.2, 0.25) is 0 Å². The van der Waals surface area contributed by atoms with Crippen molar-refractivity contribution in [2.24, 2.45) is 0 Å². The first-order chi connectivity index (χ1) is 10.2. The van der Waals surface area contributed by atoms with Crippen molar-refractivity contribution in [3.63, 3.8) is 0 Å². The fraction of sp³-hybridized carbons (Fsp3) is 0.706. The van der Waals surface area contributed by atoms with E-state index in [1.807, 2.05) is 6.20 Å². The number of methoxy groups -OCH3 is 1. The highest BCUT2D eigenvalue weighted by molar-refractivity contribution is 5.50. The molecule has 4 heteroatoms. The number of hydrogen-bond donors (Lipinski definition) is 1. The Morgan fingerprint density at radius 2 is 2.24 bits per heavy atom. The van der Waals surface area contributed by atoms with E-state index in [9.17, 15) is 0 Å². The van der Waals surface area contributed by atoms with E-state index in [-0.39, 0.29) is 0 Å². The van der Waals surface area contributed by atoms with Gasteiger partial charge in [-0.15, -0.1) is 0 Å². The van der Waals surface area contributed by atoms with E-state index >= 15 is 0 Å². The first-order valence-corrected chi connectivity index (χ1v) is 8.10. The van der Waals surface area contributed by atoms with E-state index in [1.165, 1.54) is 36.2 Å². The van der Waals surface area contributed by atoms with Gasteiger partial charge < -0.3 is 15.0 Å². The maximum Gasteiger partial charge on any atom is 0.131 e. The standard InChI is InChI=1S/C17H29N3O/c1-5-16-7-6-14(3)20(16)17-13(2)10-15(12-19-17)11-18-8-9-21-4/h10,12,14,16,18H,5-9,11H2,1-4H3. The summed E-state index contributed by atoms with van der Waals surface area (Å²) in [5.74, 6) is 1.17. The topological polar surface area (TPSA) is 37.4 Å². The SMILES string of the molecule is CCC1CCC(C)N1c1ncc(CNCCOC)cc1C. The van der Waals surface area contributed by atoms with Crippen LogP contribution in [0.5, 0.6) is 0 Å². The fourth-order valence-corrected chi connectivity index (χ4v) is 3.25. The molecule has 0 aromatic carbocycles. The molecule has 0 bridgehead atoms. The van der Waals surface area contributed by atoms with Crippen molar-refractivity contribution in [1.29, 1.82) is 0 Å². The van der Waals surface area contributed by atoms with Crippen LogP contribution in [-0.4, -0.2) is 37.3 Å². The Morgan fingerprint density at radius 1 is 1.43 bits per heavy atom. The van der Waals surface area contributed by atoms with Crippen LogP contribution in [-0.2, 0) is 11.3 Å². The summed E-state index contributed by atoms with van der Waals surface area (Å²) in [6.45, 7) is 9.24. The van der Waals surface area contributed by atoms with Crippen molar-refractivity contribution in [2.45, 2.75) is 58.7 Å². The molecule has 0 amide bonds. The molecule has 21 heavy (non-hydrogen) atoms. The number of hydrogen-bond acceptors (Lipinski definition) is 4. The van der Waals surface area contributed by atoms with Crippen LogP contribution in [0.1, 0.15) is 44.2 Å². The normalized spacial score (nSPS) is 22.0. The van der Waals surface area contributed by atoms with Gasteiger partial charge in [0.1, 0.15) is 5.82 Å². The van der Waals surface area contributed by atoms with E-state index in [1.54, 1.807) is 7.11 Å². The minimum Gasteiger partial charge on any atom is -0.383 e. The van der Waals surface area contributed by atoms with Crippen LogP contribution in [0.25, 0.3) is 0 Å². The van der Waals surface area contributed by atoms with Crippen LogP contribution in [0, 0.1) is 6.92 Å². The average molecular weight is 291 g/mol. The molecule has 2 rings (SSSR count). The van der Waals surface area contributed by atoms with Crippen molar-refractivity contribution < 1.29 is 4.74 Å². The molecule has 1 aliphatic rings. The zero-order chi connectivity index (χ0) is 15.2. The van der Waals surface area contributed by atoms with Gasteiger partial charge in [-0.2, -0.15) is 0 Å². The van der Waals surface area contributed by atoms with Gasteiger partial charge in [0.05, 0.1) is 6.61 Å². The van der Waals surface area contributed by atoms with Gasteiger partial charge in [-0.05, 0) is 50.3 Å². The van der Waals surface area contributed by atoms with Gasteiger partial charge in [0.15, 0.2) is 0 Å². The number of nitrogens with one attached hydrogen (secondary N) is 1. The first-order valence-electron chi connectivity index (χ1n) is 8.10. The number of aryl methyl sites for hydroxylation is 1. The van der Waals surface area contributed by atoms with Crippen molar-refractivity contribution >= 4 is 5.82 Å². The monoisotopic (exact) mass is 291 g/mol. The third-order valence-electron chi connectivity index (χ3n) is 4.42. The van der Waals surface area contributed by atoms with Gasteiger partial charge in [-0.25, -0.2) is 4.98 Å². The molecule has 1 fully saturated rings. The molecule has 4 nitrogen and oxygen atoms in total. The van der Waals surface area contributed by atoms with Gasteiger partial charge in [0, 0.05) is 38.5 Å². The predicted molar refractivity (Wildman–Crippen MR) is 87.8 cm³/mol. The zero-order valence-electron chi connectivity index (χ0n) is 13.9. The Bertz CT molecular complexity index is 450. The average Bonchev–Trinajstić information content (AvgIpc) is 2.85. The van der Waals surface area contributed by atoms with Gasteiger partial charge in [-0.3, -0.25) is 0 Å². The van der Waals surface area contributed by atoms with Gasteiger partial charge in [0.25, 0.3) is 0 Å². The Balaban J connectivity index is 2.04. The minimum atomic E-state index is 0.604. The van der Waals surface area contributed by atoms with Gasteiger partial charge in [0.2, 0.25) is 0 Å². The maximum atomic E-state index is 5.04.